The summed E-state index contributed by atoms with van der Waals surface area (Å²) < 4.78 is 10.7. The first-order valence-electron chi connectivity index (χ1n) is 8.72. The maximum absolute atomic E-state index is 11.6. The molecule has 0 atom stereocenters. The minimum atomic E-state index is -0.501. The maximum atomic E-state index is 11.6. The minimum absolute atomic E-state index is 0. The average Bonchev–Trinajstić information content (AvgIpc) is 2.53. The number of nitrogens with one attached hydrogen (secondary N) is 3. The molecule has 1 amide bonds. The van der Waals surface area contributed by atoms with E-state index in [0.29, 0.717) is 31.5 Å². The topological polar surface area (TPSA) is 96.9 Å². The van der Waals surface area contributed by atoms with E-state index in [2.05, 4.69) is 25.9 Å². The van der Waals surface area contributed by atoms with Gasteiger partial charge >= 0.3 is 6.09 Å². The van der Waals surface area contributed by atoms with E-state index in [9.17, 15) is 4.79 Å². The molecule has 0 radical (unpaired) electrons. The van der Waals surface area contributed by atoms with Gasteiger partial charge in [-0.15, -0.1) is 24.0 Å². The maximum Gasteiger partial charge on any atom is 0.407 e. The van der Waals surface area contributed by atoms with Crippen LogP contribution in [0, 0.1) is 0 Å². The van der Waals surface area contributed by atoms with E-state index in [1.807, 2.05) is 46.8 Å². The summed E-state index contributed by atoms with van der Waals surface area (Å²) in [6, 6.07) is 3.80. The van der Waals surface area contributed by atoms with Crippen LogP contribution in [0.3, 0.4) is 0 Å². The third kappa shape index (κ3) is 12.3. The van der Waals surface area contributed by atoms with Gasteiger partial charge in [0.15, 0.2) is 5.96 Å². The molecule has 27 heavy (non-hydrogen) atoms. The Labute approximate surface area is 178 Å². The van der Waals surface area contributed by atoms with Crippen molar-refractivity contribution >= 4 is 36.0 Å². The fraction of sp³-hybridized carbons (Fsp3) is 0.611. The van der Waals surface area contributed by atoms with Crippen molar-refractivity contribution in [3.63, 3.8) is 0 Å². The second-order valence-corrected chi connectivity index (χ2v) is 6.95. The number of ether oxygens (including phenoxy) is 2. The van der Waals surface area contributed by atoms with Crippen molar-refractivity contribution in [3.8, 4) is 5.88 Å². The zero-order valence-corrected chi connectivity index (χ0v) is 19.3. The predicted octanol–water partition coefficient (Wildman–Crippen LogP) is 2.68. The van der Waals surface area contributed by atoms with E-state index in [0.717, 1.165) is 5.56 Å². The smallest absolute Gasteiger partial charge is 0.407 e. The lowest BCUT2D eigenvalue weighted by molar-refractivity contribution is 0.0529. The molecular formula is C18H32IN5O3. The molecule has 154 valence electrons. The van der Waals surface area contributed by atoms with E-state index >= 15 is 0 Å². The van der Waals surface area contributed by atoms with E-state index < -0.39 is 11.7 Å². The molecule has 1 heterocycles. The fourth-order valence-electron chi connectivity index (χ4n) is 1.89. The highest BCUT2D eigenvalue weighted by Gasteiger charge is 2.15. The number of carbonyl (C=O) groups is 1. The Balaban J connectivity index is 0.00000676. The number of pyridine rings is 1. The van der Waals surface area contributed by atoms with Gasteiger partial charge in [0.25, 0.3) is 0 Å². The van der Waals surface area contributed by atoms with Crippen LogP contribution in [0.4, 0.5) is 4.79 Å². The normalized spacial score (nSPS) is 11.4. The number of hydrogen-bond donors (Lipinski definition) is 3. The van der Waals surface area contributed by atoms with Crippen molar-refractivity contribution in [2.45, 2.75) is 52.9 Å². The number of halogens is 1. The second kappa shape index (κ2) is 12.6. The number of hydrogen-bond acceptors (Lipinski definition) is 5. The van der Waals surface area contributed by atoms with Crippen molar-refractivity contribution in [1.29, 1.82) is 0 Å². The number of alkyl carbamates (subject to hydrolysis) is 1. The number of aromatic nitrogens is 1. The SMILES string of the molecule is CN=C(NCCNC(=O)OC(C)(C)C)NCc1ccc(OC(C)C)nc1.I. The lowest BCUT2D eigenvalue weighted by Gasteiger charge is -2.20. The molecule has 0 aliphatic heterocycles. The van der Waals surface area contributed by atoms with Gasteiger partial charge in [0.1, 0.15) is 5.60 Å². The molecule has 1 aromatic rings. The molecule has 9 heteroatoms. The van der Waals surface area contributed by atoms with Crippen molar-refractivity contribution in [2.24, 2.45) is 4.99 Å². The predicted molar refractivity (Wildman–Crippen MR) is 118 cm³/mol. The molecule has 0 aromatic carbocycles. The minimum Gasteiger partial charge on any atom is -0.475 e. The van der Waals surface area contributed by atoms with Crippen LogP contribution >= 0.6 is 24.0 Å². The van der Waals surface area contributed by atoms with Gasteiger partial charge in [-0.25, -0.2) is 9.78 Å². The third-order valence-corrected chi connectivity index (χ3v) is 2.92. The summed E-state index contributed by atoms with van der Waals surface area (Å²) in [5, 5.41) is 8.99. The van der Waals surface area contributed by atoms with E-state index in [1.54, 1.807) is 13.2 Å². The lowest BCUT2D eigenvalue weighted by Crippen LogP contribution is -2.42. The Morgan fingerprint density at radius 2 is 1.85 bits per heavy atom. The molecule has 0 bridgehead atoms. The Kier molecular flexibility index (Phi) is 11.7. The van der Waals surface area contributed by atoms with Crippen LogP contribution in [0.15, 0.2) is 23.3 Å². The van der Waals surface area contributed by atoms with Crippen LogP contribution in [0.2, 0.25) is 0 Å². The van der Waals surface area contributed by atoms with Crippen molar-refractivity contribution in [3.05, 3.63) is 23.9 Å². The molecule has 1 aromatic heterocycles. The third-order valence-electron chi connectivity index (χ3n) is 2.92. The molecule has 0 saturated carbocycles. The van der Waals surface area contributed by atoms with Crippen molar-refractivity contribution in [2.75, 3.05) is 20.1 Å². The lowest BCUT2D eigenvalue weighted by atomic mass is 10.2. The fourth-order valence-corrected chi connectivity index (χ4v) is 1.89. The van der Waals surface area contributed by atoms with Crippen LogP contribution in [0.5, 0.6) is 5.88 Å². The summed E-state index contributed by atoms with van der Waals surface area (Å²) in [6.07, 6.45) is 1.43. The molecule has 0 spiro atoms. The number of nitrogens with zero attached hydrogens (tertiary/aromatic N) is 2. The number of guanidine groups is 1. The molecule has 0 fully saturated rings. The largest absolute Gasteiger partial charge is 0.475 e. The second-order valence-electron chi connectivity index (χ2n) is 6.95. The molecule has 0 unspecified atom stereocenters. The molecular weight excluding hydrogens is 461 g/mol. The van der Waals surface area contributed by atoms with Gasteiger partial charge in [-0.1, -0.05) is 6.07 Å². The number of aliphatic imine (C=N–C) groups is 1. The Morgan fingerprint density at radius 1 is 1.19 bits per heavy atom. The first-order chi connectivity index (χ1) is 12.2. The Morgan fingerprint density at radius 3 is 2.37 bits per heavy atom. The van der Waals surface area contributed by atoms with Crippen LogP contribution in [-0.4, -0.2) is 48.9 Å². The molecule has 3 N–H and O–H groups in total. The zero-order valence-electron chi connectivity index (χ0n) is 17.0. The molecule has 1 rings (SSSR count). The standard InChI is InChI=1S/C18H31N5O3.HI/c1-13(2)25-15-8-7-14(11-22-15)12-23-16(19-6)20-9-10-21-17(24)26-18(3,4)5;/h7-8,11,13H,9-10,12H2,1-6H3,(H,21,24)(H2,19,20,23);1H. The van der Waals surface area contributed by atoms with E-state index in [-0.39, 0.29) is 30.1 Å². The van der Waals surface area contributed by atoms with Crippen molar-refractivity contribution in [1.82, 2.24) is 20.9 Å². The van der Waals surface area contributed by atoms with Gasteiger partial charge in [0, 0.05) is 38.9 Å². The molecule has 0 aliphatic rings. The summed E-state index contributed by atoms with van der Waals surface area (Å²) in [4.78, 5) is 20.0. The van der Waals surface area contributed by atoms with Crippen LogP contribution in [-0.2, 0) is 11.3 Å². The first kappa shape index (κ1) is 25.2. The van der Waals surface area contributed by atoms with Gasteiger partial charge in [-0.2, -0.15) is 0 Å². The summed E-state index contributed by atoms with van der Waals surface area (Å²) >= 11 is 0. The Hall–Kier alpha value is -1.78. The molecule has 0 saturated heterocycles. The number of rotatable bonds is 7. The van der Waals surface area contributed by atoms with E-state index in [1.165, 1.54) is 0 Å². The van der Waals surface area contributed by atoms with Gasteiger partial charge in [0.05, 0.1) is 6.10 Å². The van der Waals surface area contributed by atoms with E-state index in [4.69, 9.17) is 9.47 Å². The average molecular weight is 493 g/mol. The van der Waals surface area contributed by atoms with Gasteiger partial charge < -0.3 is 25.4 Å². The van der Waals surface area contributed by atoms with Gasteiger partial charge in [-0.3, -0.25) is 4.99 Å². The quantitative estimate of drug-likeness (QED) is 0.234. The highest BCUT2D eigenvalue weighted by atomic mass is 127. The Bertz CT molecular complexity index is 586. The monoisotopic (exact) mass is 493 g/mol. The zero-order chi connectivity index (χ0) is 19.6. The highest BCUT2D eigenvalue weighted by molar-refractivity contribution is 14.0. The van der Waals surface area contributed by atoms with Crippen LogP contribution < -0.4 is 20.7 Å². The molecule has 0 aliphatic carbocycles. The van der Waals surface area contributed by atoms with Gasteiger partial charge in [-0.05, 0) is 40.2 Å². The summed E-state index contributed by atoms with van der Waals surface area (Å²) in [5.74, 6) is 1.25. The first-order valence-corrected chi connectivity index (χ1v) is 8.72. The van der Waals surface area contributed by atoms with Crippen LogP contribution in [0.25, 0.3) is 0 Å². The number of amides is 1. The number of carbonyl (C=O) groups excluding carboxylic acids is 1. The van der Waals surface area contributed by atoms with Crippen LogP contribution in [0.1, 0.15) is 40.2 Å². The van der Waals surface area contributed by atoms with Gasteiger partial charge in [0.2, 0.25) is 5.88 Å². The summed E-state index contributed by atoms with van der Waals surface area (Å²) in [7, 11) is 1.69. The summed E-state index contributed by atoms with van der Waals surface area (Å²) in [5.41, 5.74) is 0.509. The summed E-state index contributed by atoms with van der Waals surface area (Å²) in [6.45, 7) is 10.9. The highest BCUT2D eigenvalue weighted by Crippen LogP contribution is 2.09. The molecule has 8 nitrogen and oxygen atoms in total. The van der Waals surface area contributed by atoms with Crippen molar-refractivity contribution < 1.29 is 14.3 Å².